The highest BCUT2D eigenvalue weighted by molar-refractivity contribution is 6.30. The lowest BCUT2D eigenvalue weighted by Gasteiger charge is -2.04. The first-order valence-electron chi connectivity index (χ1n) is 5.64. The van der Waals surface area contributed by atoms with Crippen LogP contribution >= 0.6 is 11.6 Å². The van der Waals surface area contributed by atoms with Crippen LogP contribution in [0.3, 0.4) is 0 Å². The molecule has 92 valence electrons. The van der Waals surface area contributed by atoms with Crippen LogP contribution in [-0.2, 0) is 6.54 Å². The Hall–Kier alpha value is -1.71. The van der Waals surface area contributed by atoms with Crippen molar-refractivity contribution in [1.82, 2.24) is 10.3 Å². The van der Waals surface area contributed by atoms with Crippen LogP contribution in [0.2, 0.25) is 5.02 Å². The van der Waals surface area contributed by atoms with E-state index < -0.39 is 0 Å². The van der Waals surface area contributed by atoms with Gasteiger partial charge < -0.3 is 5.32 Å². The number of carbonyl (C=O) groups excluding carboxylic acids is 1. The summed E-state index contributed by atoms with van der Waals surface area (Å²) in [5.41, 5.74) is 1.77. The van der Waals surface area contributed by atoms with E-state index in [1.807, 2.05) is 12.1 Å². The van der Waals surface area contributed by atoms with Crippen molar-refractivity contribution in [2.75, 3.05) is 6.54 Å². The van der Waals surface area contributed by atoms with Crippen molar-refractivity contribution in [3.8, 4) is 0 Å². The van der Waals surface area contributed by atoms with Crippen molar-refractivity contribution in [2.45, 2.75) is 6.54 Å². The number of aromatic nitrogens is 1. The van der Waals surface area contributed by atoms with Crippen LogP contribution in [0.1, 0.15) is 15.9 Å². The zero-order chi connectivity index (χ0) is 12.8. The third-order valence-electron chi connectivity index (χ3n) is 2.53. The quantitative estimate of drug-likeness (QED) is 0.841. The molecule has 0 atom stereocenters. The summed E-state index contributed by atoms with van der Waals surface area (Å²) < 4.78 is 0. The SMILES string of the molecule is O=C(CNCc1ccncc1)c1ccc(Cl)cc1. The van der Waals surface area contributed by atoms with E-state index in [4.69, 9.17) is 11.6 Å². The Balaban J connectivity index is 1.84. The summed E-state index contributed by atoms with van der Waals surface area (Å²) in [5.74, 6) is 0.0562. The van der Waals surface area contributed by atoms with Crippen molar-refractivity contribution in [2.24, 2.45) is 0 Å². The molecular formula is C14H13ClN2O. The number of Topliss-reactive ketones (excluding diaryl/α,β-unsaturated/α-hetero) is 1. The molecule has 1 heterocycles. The van der Waals surface area contributed by atoms with E-state index in [-0.39, 0.29) is 5.78 Å². The second kappa shape index (κ2) is 6.28. The largest absolute Gasteiger partial charge is 0.306 e. The lowest BCUT2D eigenvalue weighted by Crippen LogP contribution is -2.22. The van der Waals surface area contributed by atoms with E-state index in [9.17, 15) is 4.79 Å². The predicted octanol–water partition coefficient (Wildman–Crippen LogP) is 2.71. The summed E-state index contributed by atoms with van der Waals surface area (Å²) in [4.78, 5) is 15.8. The van der Waals surface area contributed by atoms with Gasteiger partial charge in [0.15, 0.2) is 5.78 Å². The summed E-state index contributed by atoms with van der Waals surface area (Å²) in [6, 6.07) is 10.7. The fraction of sp³-hybridized carbons (Fsp3) is 0.143. The van der Waals surface area contributed by atoms with Gasteiger partial charge in [-0.2, -0.15) is 0 Å². The average Bonchev–Trinajstić information content (AvgIpc) is 2.40. The number of carbonyl (C=O) groups is 1. The molecule has 0 fully saturated rings. The van der Waals surface area contributed by atoms with Gasteiger partial charge in [-0.25, -0.2) is 0 Å². The van der Waals surface area contributed by atoms with Crippen LogP contribution in [0.25, 0.3) is 0 Å². The zero-order valence-corrected chi connectivity index (χ0v) is 10.5. The Morgan fingerprint density at radius 2 is 1.78 bits per heavy atom. The molecule has 0 aliphatic carbocycles. The number of hydrogen-bond acceptors (Lipinski definition) is 3. The molecule has 0 aliphatic heterocycles. The Bertz CT molecular complexity index is 511. The summed E-state index contributed by atoms with van der Waals surface area (Å²) in [7, 11) is 0. The van der Waals surface area contributed by atoms with Crippen LogP contribution in [0.15, 0.2) is 48.8 Å². The maximum Gasteiger partial charge on any atom is 0.176 e. The molecule has 1 aromatic heterocycles. The number of hydrogen-bond donors (Lipinski definition) is 1. The van der Waals surface area contributed by atoms with Gasteiger partial charge in [-0.15, -0.1) is 0 Å². The molecule has 0 aliphatic rings. The molecule has 0 spiro atoms. The molecule has 3 nitrogen and oxygen atoms in total. The number of rotatable bonds is 5. The lowest BCUT2D eigenvalue weighted by molar-refractivity contribution is 0.0991. The number of halogens is 1. The van der Waals surface area contributed by atoms with Crippen LogP contribution < -0.4 is 5.32 Å². The summed E-state index contributed by atoms with van der Waals surface area (Å²) in [6.07, 6.45) is 3.47. The summed E-state index contributed by atoms with van der Waals surface area (Å²) in [6.45, 7) is 0.964. The van der Waals surface area contributed by atoms with E-state index >= 15 is 0 Å². The average molecular weight is 261 g/mol. The van der Waals surface area contributed by atoms with Gasteiger partial charge in [0.25, 0.3) is 0 Å². The van der Waals surface area contributed by atoms with Gasteiger partial charge >= 0.3 is 0 Å². The molecule has 2 rings (SSSR count). The highest BCUT2D eigenvalue weighted by atomic mass is 35.5. The van der Waals surface area contributed by atoms with Gasteiger partial charge in [0.1, 0.15) is 0 Å². The van der Waals surface area contributed by atoms with Crippen molar-refractivity contribution in [3.05, 3.63) is 64.9 Å². The second-order valence-corrected chi connectivity index (χ2v) is 4.33. The first-order valence-corrected chi connectivity index (χ1v) is 6.02. The van der Waals surface area contributed by atoms with Crippen molar-refractivity contribution < 1.29 is 4.79 Å². The zero-order valence-electron chi connectivity index (χ0n) is 9.77. The van der Waals surface area contributed by atoms with Crippen molar-refractivity contribution in [3.63, 3.8) is 0 Å². The molecule has 1 aromatic carbocycles. The van der Waals surface area contributed by atoms with Gasteiger partial charge in [0, 0.05) is 29.5 Å². The van der Waals surface area contributed by atoms with E-state index in [1.165, 1.54) is 0 Å². The van der Waals surface area contributed by atoms with Crippen LogP contribution in [0, 0.1) is 0 Å². The van der Waals surface area contributed by atoms with Gasteiger partial charge in [-0.05, 0) is 42.0 Å². The van der Waals surface area contributed by atoms with Crippen LogP contribution in [0.4, 0.5) is 0 Å². The van der Waals surface area contributed by atoms with E-state index in [0.29, 0.717) is 23.7 Å². The molecule has 2 aromatic rings. The van der Waals surface area contributed by atoms with E-state index in [0.717, 1.165) is 5.56 Å². The Kier molecular flexibility index (Phi) is 4.45. The highest BCUT2D eigenvalue weighted by Crippen LogP contribution is 2.09. The first kappa shape index (κ1) is 12.7. The fourth-order valence-electron chi connectivity index (χ4n) is 1.56. The topological polar surface area (TPSA) is 42.0 Å². The highest BCUT2D eigenvalue weighted by Gasteiger charge is 2.04. The monoisotopic (exact) mass is 260 g/mol. The summed E-state index contributed by atoms with van der Waals surface area (Å²) >= 11 is 5.77. The minimum atomic E-state index is 0.0562. The third kappa shape index (κ3) is 3.65. The fourth-order valence-corrected chi connectivity index (χ4v) is 1.68. The molecule has 1 N–H and O–H groups in total. The predicted molar refractivity (Wildman–Crippen MR) is 71.7 cm³/mol. The molecule has 0 radical (unpaired) electrons. The third-order valence-corrected chi connectivity index (χ3v) is 2.78. The smallest absolute Gasteiger partial charge is 0.176 e. The minimum Gasteiger partial charge on any atom is -0.306 e. The number of pyridine rings is 1. The molecule has 0 amide bonds. The molecular weight excluding hydrogens is 248 g/mol. The molecule has 4 heteroatoms. The minimum absolute atomic E-state index is 0.0562. The Labute approximate surface area is 111 Å². The van der Waals surface area contributed by atoms with Crippen LogP contribution in [0.5, 0.6) is 0 Å². The molecule has 0 unspecified atom stereocenters. The van der Waals surface area contributed by atoms with E-state index in [1.54, 1.807) is 36.7 Å². The van der Waals surface area contributed by atoms with Gasteiger partial charge in [0.2, 0.25) is 0 Å². The summed E-state index contributed by atoms with van der Waals surface area (Å²) in [5, 5.41) is 3.74. The van der Waals surface area contributed by atoms with Gasteiger partial charge in [-0.1, -0.05) is 11.6 Å². The molecule has 18 heavy (non-hydrogen) atoms. The molecule has 0 saturated carbocycles. The maximum absolute atomic E-state index is 11.8. The number of nitrogens with zero attached hydrogens (tertiary/aromatic N) is 1. The normalized spacial score (nSPS) is 10.3. The second-order valence-electron chi connectivity index (χ2n) is 3.89. The number of nitrogens with one attached hydrogen (secondary N) is 1. The maximum atomic E-state index is 11.8. The Morgan fingerprint density at radius 3 is 2.44 bits per heavy atom. The van der Waals surface area contributed by atoms with Gasteiger partial charge in [0.05, 0.1) is 6.54 Å². The molecule has 0 bridgehead atoms. The standard InChI is InChI=1S/C14H13ClN2O/c15-13-3-1-12(2-4-13)14(18)10-17-9-11-5-7-16-8-6-11/h1-8,17H,9-10H2. The number of benzene rings is 1. The van der Waals surface area contributed by atoms with Crippen molar-refractivity contribution in [1.29, 1.82) is 0 Å². The van der Waals surface area contributed by atoms with Gasteiger partial charge in [-0.3, -0.25) is 9.78 Å². The molecule has 0 saturated heterocycles. The van der Waals surface area contributed by atoms with Crippen molar-refractivity contribution >= 4 is 17.4 Å². The number of ketones is 1. The van der Waals surface area contributed by atoms with Crippen LogP contribution in [-0.4, -0.2) is 17.3 Å². The Morgan fingerprint density at radius 1 is 1.11 bits per heavy atom. The lowest BCUT2D eigenvalue weighted by atomic mass is 10.1. The first-order chi connectivity index (χ1) is 8.75. The van der Waals surface area contributed by atoms with E-state index in [2.05, 4.69) is 10.3 Å².